The molecule has 1 N–H and O–H groups in total. The van der Waals surface area contributed by atoms with E-state index < -0.39 is 0 Å². The SMILES string of the molecule is OC1=NC(C2CCCCC2)CS1. The molecule has 1 aliphatic carbocycles. The third-order valence-electron chi connectivity index (χ3n) is 2.85. The van der Waals surface area contributed by atoms with Crippen molar-refractivity contribution in [1.82, 2.24) is 0 Å². The van der Waals surface area contributed by atoms with Gasteiger partial charge in [0, 0.05) is 5.75 Å². The molecular weight excluding hydrogens is 170 g/mol. The summed E-state index contributed by atoms with van der Waals surface area (Å²) in [4.78, 5) is 4.25. The summed E-state index contributed by atoms with van der Waals surface area (Å²) in [6.45, 7) is 0. The number of thioether (sulfide) groups is 1. The number of aliphatic imine (C=N–C) groups is 1. The van der Waals surface area contributed by atoms with Gasteiger partial charge in [0.1, 0.15) is 0 Å². The van der Waals surface area contributed by atoms with Crippen LogP contribution >= 0.6 is 11.8 Å². The largest absolute Gasteiger partial charge is 0.489 e. The van der Waals surface area contributed by atoms with Gasteiger partial charge in [-0.05, 0) is 18.8 Å². The van der Waals surface area contributed by atoms with Gasteiger partial charge >= 0.3 is 0 Å². The summed E-state index contributed by atoms with van der Waals surface area (Å²) in [6, 6.07) is 0.426. The van der Waals surface area contributed by atoms with Crippen molar-refractivity contribution in [3.63, 3.8) is 0 Å². The molecule has 68 valence electrons. The van der Waals surface area contributed by atoms with Crippen LogP contribution in [0.5, 0.6) is 0 Å². The average molecular weight is 185 g/mol. The summed E-state index contributed by atoms with van der Waals surface area (Å²) in [5.41, 5.74) is 0. The zero-order chi connectivity index (χ0) is 8.39. The Bertz CT molecular complexity index is 187. The molecule has 0 saturated heterocycles. The molecule has 2 rings (SSSR count). The van der Waals surface area contributed by atoms with Crippen LogP contribution in [0.15, 0.2) is 4.99 Å². The minimum Gasteiger partial charge on any atom is -0.489 e. The van der Waals surface area contributed by atoms with E-state index in [1.165, 1.54) is 43.9 Å². The highest BCUT2D eigenvalue weighted by Gasteiger charge is 2.27. The van der Waals surface area contributed by atoms with Gasteiger partial charge in [0.25, 0.3) is 0 Å². The van der Waals surface area contributed by atoms with Crippen LogP contribution in [0.25, 0.3) is 0 Å². The lowest BCUT2D eigenvalue weighted by atomic mass is 9.85. The van der Waals surface area contributed by atoms with Gasteiger partial charge in [0.05, 0.1) is 6.04 Å². The van der Waals surface area contributed by atoms with E-state index in [-0.39, 0.29) is 0 Å². The molecule has 0 radical (unpaired) electrons. The molecule has 0 amide bonds. The molecule has 1 aliphatic heterocycles. The fraction of sp³-hybridized carbons (Fsp3) is 0.889. The van der Waals surface area contributed by atoms with E-state index in [1.54, 1.807) is 0 Å². The molecule has 0 spiro atoms. The summed E-state index contributed by atoms with van der Waals surface area (Å²) in [5, 5.41) is 9.45. The molecule has 0 bridgehead atoms. The first-order valence-electron chi connectivity index (χ1n) is 4.76. The number of aliphatic hydroxyl groups is 1. The summed E-state index contributed by atoms with van der Waals surface area (Å²) < 4.78 is 0. The van der Waals surface area contributed by atoms with Gasteiger partial charge in [-0.1, -0.05) is 31.0 Å². The molecule has 0 aromatic rings. The third-order valence-corrected chi connectivity index (χ3v) is 3.73. The molecule has 0 aromatic carbocycles. The number of hydrogen-bond donors (Lipinski definition) is 1. The van der Waals surface area contributed by atoms with Crippen LogP contribution in [-0.4, -0.2) is 22.1 Å². The Kier molecular flexibility index (Phi) is 2.59. The maximum Gasteiger partial charge on any atom is 0.243 e. The smallest absolute Gasteiger partial charge is 0.243 e. The fourth-order valence-corrected chi connectivity index (χ4v) is 3.01. The first kappa shape index (κ1) is 8.42. The quantitative estimate of drug-likeness (QED) is 0.681. The van der Waals surface area contributed by atoms with Gasteiger partial charge in [-0.25, -0.2) is 4.99 Å². The second kappa shape index (κ2) is 3.69. The van der Waals surface area contributed by atoms with E-state index >= 15 is 0 Å². The molecule has 2 aliphatic rings. The molecular formula is C9H15NOS. The van der Waals surface area contributed by atoms with E-state index in [4.69, 9.17) is 5.11 Å². The molecule has 1 unspecified atom stereocenters. The Balaban J connectivity index is 1.91. The standard InChI is InChI=1S/C9H15NOS/c11-9-10-8(6-12-9)7-4-2-1-3-5-7/h7-8H,1-6H2,(H,10,11). The van der Waals surface area contributed by atoms with Crippen molar-refractivity contribution >= 4 is 17.0 Å². The predicted molar refractivity (Wildman–Crippen MR) is 52.9 cm³/mol. The van der Waals surface area contributed by atoms with Gasteiger partial charge < -0.3 is 5.11 Å². The Hall–Kier alpha value is -0.180. The third kappa shape index (κ3) is 1.76. The lowest BCUT2D eigenvalue weighted by molar-refractivity contribution is 0.320. The van der Waals surface area contributed by atoms with E-state index in [9.17, 15) is 0 Å². The normalized spacial score (nSPS) is 32.0. The van der Waals surface area contributed by atoms with Crippen LogP contribution in [-0.2, 0) is 0 Å². The first-order chi connectivity index (χ1) is 5.86. The molecule has 12 heavy (non-hydrogen) atoms. The molecule has 1 saturated carbocycles. The Morgan fingerprint density at radius 1 is 1.25 bits per heavy atom. The molecule has 3 heteroatoms. The molecule has 1 fully saturated rings. The number of aliphatic hydroxyl groups excluding tert-OH is 1. The van der Waals surface area contributed by atoms with Gasteiger partial charge in [-0.3, -0.25) is 0 Å². The van der Waals surface area contributed by atoms with Gasteiger partial charge in [-0.15, -0.1) is 0 Å². The predicted octanol–water partition coefficient (Wildman–Crippen LogP) is 2.60. The Morgan fingerprint density at radius 2 is 2.00 bits per heavy atom. The highest BCUT2D eigenvalue weighted by atomic mass is 32.2. The highest BCUT2D eigenvalue weighted by Crippen LogP contribution is 2.32. The number of hydrogen-bond acceptors (Lipinski definition) is 2. The van der Waals surface area contributed by atoms with Crippen molar-refractivity contribution in [2.24, 2.45) is 10.9 Å². The molecule has 0 aromatic heterocycles. The monoisotopic (exact) mass is 185 g/mol. The van der Waals surface area contributed by atoms with Crippen molar-refractivity contribution in [1.29, 1.82) is 0 Å². The lowest BCUT2D eigenvalue weighted by Gasteiger charge is -2.24. The van der Waals surface area contributed by atoms with Crippen molar-refractivity contribution in [3.05, 3.63) is 0 Å². The molecule has 1 heterocycles. The average Bonchev–Trinajstić information content (AvgIpc) is 2.54. The molecule has 1 atom stereocenters. The van der Waals surface area contributed by atoms with E-state index in [2.05, 4.69) is 4.99 Å². The number of rotatable bonds is 1. The zero-order valence-electron chi connectivity index (χ0n) is 7.20. The first-order valence-corrected chi connectivity index (χ1v) is 5.74. The van der Waals surface area contributed by atoms with Crippen molar-refractivity contribution in [3.8, 4) is 0 Å². The second-order valence-electron chi connectivity index (χ2n) is 3.69. The van der Waals surface area contributed by atoms with Gasteiger partial charge in [0.15, 0.2) is 0 Å². The number of nitrogens with zero attached hydrogens (tertiary/aromatic N) is 1. The fourth-order valence-electron chi connectivity index (χ4n) is 2.14. The van der Waals surface area contributed by atoms with Crippen molar-refractivity contribution < 1.29 is 5.11 Å². The minimum atomic E-state index is 0.311. The maximum absolute atomic E-state index is 9.14. The van der Waals surface area contributed by atoms with Gasteiger partial charge in [-0.2, -0.15) is 0 Å². The lowest BCUT2D eigenvalue weighted by Crippen LogP contribution is -2.21. The topological polar surface area (TPSA) is 32.6 Å². The Morgan fingerprint density at radius 3 is 2.58 bits per heavy atom. The van der Waals surface area contributed by atoms with E-state index in [0.29, 0.717) is 11.3 Å². The van der Waals surface area contributed by atoms with Crippen molar-refractivity contribution in [2.45, 2.75) is 38.1 Å². The summed E-state index contributed by atoms with van der Waals surface area (Å²) >= 11 is 1.50. The summed E-state index contributed by atoms with van der Waals surface area (Å²) in [7, 11) is 0. The van der Waals surface area contributed by atoms with Crippen LogP contribution in [0.2, 0.25) is 0 Å². The van der Waals surface area contributed by atoms with Crippen LogP contribution < -0.4 is 0 Å². The maximum atomic E-state index is 9.14. The van der Waals surface area contributed by atoms with Crippen LogP contribution in [0, 0.1) is 5.92 Å². The van der Waals surface area contributed by atoms with Crippen LogP contribution in [0.1, 0.15) is 32.1 Å². The second-order valence-corrected chi connectivity index (χ2v) is 4.68. The van der Waals surface area contributed by atoms with Crippen LogP contribution in [0.4, 0.5) is 0 Å². The zero-order valence-corrected chi connectivity index (χ0v) is 8.02. The Labute approximate surface area is 77.5 Å². The highest BCUT2D eigenvalue weighted by molar-refractivity contribution is 8.13. The summed E-state index contributed by atoms with van der Waals surface area (Å²) in [6.07, 6.45) is 6.76. The van der Waals surface area contributed by atoms with E-state index in [0.717, 1.165) is 11.7 Å². The van der Waals surface area contributed by atoms with Gasteiger partial charge in [0.2, 0.25) is 5.23 Å². The van der Waals surface area contributed by atoms with Crippen molar-refractivity contribution in [2.75, 3.05) is 5.75 Å². The van der Waals surface area contributed by atoms with Crippen LogP contribution in [0.3, 0.4) is 0 Å². The molecule has 2 nitrogen and oxygen atoms in total. The summed E-state index contributed by atoms with van der Waals surface area (Å²) in [5.74, 6) is 1.77. The van der Waals surface area contributed by atoms with E-state index in [1.807, 2.05) is 0 Å². The minimum absolute atomic E-state index is 0.311.